The van der Waals surface area contributed by atoms with Crippen molar-refractivity contribution in [3.8, 4) is 5.75 Å². The Balaban J connectivity index is 2.33. The van der Waals surface area contributed by atoms with Crippen LogP contribution in [0.3, 0.4) is 0 Å². The van der Waals surface area contributed by atoms with Crippen molar-refractivity contribution in [1.29, 1.82) is 0 Å². The van der Waals surface area contributed by atoms with Crippen molar-refractivity contribution in [3.63, 3.8) is 0 Å². The summed E-state index contributed by atoms with van der Waals surface area (Å²) in [5.74, 6) is -3.93. The number of carbonyl (C=O) groups is 1. The van der Waals surface area contributed by atoms with Gasteiger partial charge in [0.2, 0.25) is 0 Å². The maximum atomic E-state index is 13.2. The van der Waals surface area contributed by atoms with Gasteiger partial charge in [-0.2, -0.15) is 0 Å². The average Bonchev–Trinajstić information content (AvgIpc) is 2.37. The zero-order chi connectivity index (χ0) is 14.9. The molecule has 0 radical (unpaired) electrons. The van der Waals surface area contributed by atoms with Gasteiger partial charge in [-0.3, -0.25) is 4.79 Å². The van der Waals surface area contributed by atoms with Gasteiger partial charge in [-0.15, -0.1) is 0 Å². The highest BCUT2D eigenvalue weighted by atomic mass is 35.5. The third-order valence-corrected chi connectivity index (χ3v) is 2.96. The molecule has 6 heteroatoms. The molecule has 0 bridgehead atoms. The second-order valence-electron chi connectivity index (χ2n) is 4.22. The molecule has 0 unspecified atom stereocenters. The summed E-state index contributed by atoms with van der Waals surface area (Å²) in [6, 6.07) is 6.14. The number of aromatic hydroxyl groups is 1. The highest BCUT2D eigenvalue weighted by Gasteiger charge is 2.17. The molecule has 20 heavy (non-hydrogen) atoms. The quantitative estimate of drug-likeness (QED) is 0.883. The normalized spacial score (nSPS) is 10.4. The number of anilines is 1. The lowest BCUT2D eigenvalue weighted by molar-refractivity contribution is 0.102. The Kier molecular flexibility index (Phi) is 3.90. The van der Waals surface area contributed by atoms with E-state index in [1.807, 2.05) is 6.92 Å². The Hall–Kier alpha value is -2.14. The van der Waals surface area contributed by atoms with Gasteiger partial charge in [0.05, 0.1) is 16.3 Å². The number of hydrogen-bond donors (Lipinski definition) is 2. The number of rotatable bonds is 2. The standard InChI is InChI=1S/C14H10ClF2NO2/c1-7-2-3-12(10(15)4-7)18-14(20)9-5-8(16)6-11(17)13(9)19/h2-6,19H,1H3,(H,18,20). The molecule has 0 spiro atoms. The Morgan fingerprint density at radius 1 is 1.25 bits per heavy atom. The summed E-state index contributed by atoms with van der Waals surface area (Å²) in [5, 5.41) is 12.1. The van der Waals surface area contributed by atoms with Crippen LogP contribution in [0.2, 0.25) is 5.02 Å². The van der Waals surface area contributed by atoms with Crippen LogP contribution in [-0.4, -0.2) is 11.0 Å². The second-order valence-corrected chi connectivity index (χ2v) is 4.63. The van der Waals surface area contributed by atoms with Crippen LogP contribution in [-0.2, 0) is 0 Å². The molecule has 0 aliphatic carbocycles. The molecule has 2 N–H and O–H groups in total. The Bertz CT molecular complexity index is 689. The number of hydrogen-bond acceptors (Lipinski definition) is 2. The van der Waals surface area contributed by atoms with E-state index in [0.29, 0.717) is 6.07 Å². The lowest BCUT2D eigenvalue weighted by Gasteiger charge is -2.09. The van der Waals surface area contributed by atoms with Gasteiger partial charge in [-0.05, 0) is 30.7 Å². The van der Waals surface area contributed by atoms with Gasteiger partial charge in [0.15, 0.2) is 11.6 Å². The first-order valence-electron chi connectivity index (χ1n) is 5.64. The van der Waals surface area contributed by atoms with Crippen LogP contribution >= 0.6 is 11.6 Å². The first kappa shape index (κ1) is 14.3. The molecule has 0 heterocycles. The lowest BCUT2D eigenvalue weighted by atomic mass is 10.1. The lowest BCUT2D eigenvalue weighted by Crippen LogP contribution is -2.13. The predicted molar refractivity (Wildman–Crippen MR) is 72.2 cm³/mol. The summed E-state index contributed by atoms with van der Waals surface area (Å²) >= 11 is 5.94. The minimum absolute atomic E-state index is 0.284. The first-order valence-corrected chi connectivity index (χ1v) is 6.02. The summed E-state index contributed by atoms with van der Waals surface area (Å²) in [6.07, 6.45) is 0. The van der Waals surface area contributed by atoms with Crippen LogP contribution in [0, 0.1) is 18.6 Å². The molecule has 104 valence electrons. The van der Waals surface area contributed by atoms with Gasteiger partial charge >= 0.3 is 0 Å². The van der Waals surface area contributed by atoms with Crippen molar-refractivity contribution in [3.05, 3.63) is 58.1 Å². The van der Waals surface area contributed by atoms with Crippen LogP contribution < -0.4 is 5.32 Å². The van der Waals surface area contributed by atoms with Crippen LogP contribution in [0.5, 0.6) is 5.75 Å². The minimum Gasteiger partial charge on any atom is -0.504 e. The molecule has 2 rings (SSSR count). The molecule has 3 nitrogen and oxygen atoms in total. The number of benzene rings is 2. The summed E-state index contributed by atoms with van der Waals surface area (Å²) in [5.41, 5.74) is 0.679. The summed E-state index contributed by atoms with van der Waals surface area (Å²) < 4.78 is 26.3. The molecule has 0 aliphatic rings. The number of aryl methyl sites for hydroxylation is 1. The van der Waals surface area contributed by atoms with Crippen molar-refractivity contribution in [2.45, 2.75) is 6.92 Å². The van der Waals surface area contributed by atoms with Crippen LogP contribution in [0.4, 0.5) is 14.5 Å². The third-order valence-electron chi connectivity index (χ3n) is 2.65. The first-order chi connectivity index (χ1) is 9.38. The Labute approximate surface area is 118 Å². The average molecular weight is 298 g/mol. The van der Waals surface area contributed by atoms with E-state index in [2.05, 4.69) is 5.32 Å². The molecule has 2 aromatic rings. The van der Waals surface area contributed by atoms with Crippen molar-refractivity contribution < 1.29 is 18.7 Å². The molecule has 0 atom stereocenters. The number of halogens is 3. The summed E-state index contributed by atoms with van der Waals surface area (Å²) in [7, 11) is 0. The van der Waals surface area contributed by atoms with Gasteiger partial charge in [0, 0.05) is 6.07 Å². The molecule has 0 saturated carbocycles. The van der Waals surface area contributed by atoms with E-state index in [1.165, 1.54) is 0 Å². The zero-order valence-electron chi connectivity index (χ0n) is 10.4. The number of phenols is 1. The van der Waals surface area contributed by atoms with Crippen molar-refractivity contribution in [1.82, 2.24) is 0 Å². The van der Waals surface area contributed by atoms with Gasteiger partial charge in [-0.25, -0.2) is 8.78 Å². The Morgan fingerprint density at radius 2 is 1.95 bits per heavy atom. The Morgan fingerprint density at radius 3 is 2.60 bits per heavy atom. The van der Waals surface area contributed by atoms with Gasteiger partial charge in [0.25, 0.3) is 5.91 Å². The summed E-state index contributed by atoms with van der Waals surface area (Å²) in [6.45, 7) is 1.82. The topological polar surface area (TPSA) is 49.3 Å². The number of phenolic OH excluding ortho intramolecular Hbond substituents is 1. The SMILES string of the molecule is Cc1ccc(NC(=O)c2cc(F)cc(F)c2O)c(Cl)c1. The molecule has 0 aliphatic heterocycles. The highest BCUT2D eigenvalue weighted by Crippen LogP contribution is 2.26. The van der Waals surface area contributed by atoms with Crippen LogP contribution in [0.25, 0.3) is 0 Å². The second kappa shape index (κ2) is 5.46. The number of nitrogens with one attached hydrogen (secondary N) is 1. The van der Waals surface area contributed by atoms with E-state index in [4.69, 9.17) is 11.6 Å². The monoisotopic (exact) mass is 297 g/mol. The fourth-order valence-corrected chi connectivity index (χ4v) is 1.93. The smallest absolute Gasteiger partial charge is 0.259 e. The molecular weight excluding hydrogens is 288 g/mol. The van der Waals surface area contributed by atoms with Gasteiger partial charge in [0.1, 0.15) is 5.82 Å². The van der Waals surface area contributed by atoms with E-state index in [0.717, 1.165) is 11.6 Å². The third kappa shape index (κ3) is 2.88. The summed E-state index contributed by atoms with van der Waals surface area (Å²) in [4.78, 5) is 11.9. The minimum atomic E-state index is -1.20. The molecule has 0 aromatic heterocycles. The fraction of sp³-hybridized carbons (Fsp3) is 0.0714. The van der Waals surface area contributed by atoms with Crippen molar-refractivity contribution in [2.75, 3.05) is 5.32 Å². The molecule has 1 amide bonds. The van der Waals surface area contributed by atoms with E-state index in [1.54, 1.807) is 18.2 Å². The van der Waals surface area contributed by atoms with Gasteiger partial charge in [-0.1, -0.05) is 17.7 Å². The van der Waals surface area contributed by atoms with E-state index in [9.17, 15) is 18.7 Å². The highest BCUT2D eigenvalue weighted by molar-refractivity contribution is 6.34. The molecule has 0 saturated heterocycles. The molecule has 2 aromatic carbocycles. The molecular formula is C14H10ClF2NO2. The van der Waals surface area contributed by atoms with E-state index >= 15 is 0 Å². The number of amides is 1. The van der Waals surface area contributed by atoms with E-state index < -0.39 is 28.9 Å². The predicted octanol–water partition coefficient (Wildman–Crippen LogP) is 3.88. The van der Waals surface area contributed by atoms with Gasteiger partial charge < -0.3 is 10.4 Å². The maximum Gasteiger partial charge on any atom is 0.259 e. The molecule has 0 fully saturated rings. The van der Waals surface area contributed by atoms with Crippen molar-refractivity contribution in [2.24, 2.45) is 0 Å². The largest absolute Gasteiger partial charge is 0.504 e. The van der Waals surface area contributed by atoms with E-state index in [-0.39, 0.29) is 10.7 Å². The van der Waals surface area contributed by atoms with Crippen molar-refractivity contribution >= 4 is 23.2 Å². The maximum absolute atomic E-state index is 13.2. The fourth-order valence-electron chi connectivity index (χ4n) is 1.65. The number of carbonyl (C=O) groups excluding carboxylic acids is 1. The van der Waals surface area contributed by atoms with Crippen LogP contribution in [0.15, 0.2) is 30.3 Å². The zero-order valence-corrected chi connectivity index (χ0v) is 11.1. The van der Waals surface area contributed by atoms with Crippen LogP contribution in [0.1, 0.15) is 15.9 Å².